The van der Waals surface area contributed by atoms with Crippen molar-refractivity contribution in [1.82, 2.24) is 0 Å². The van der Waals surface area contributed by atoms with Crippen LogP contribution in [0.4, 0.5) is 0 Å². The van der Waals surface area contributed by atoms with Crippen LogP contribution in [0.1, 0.15) is 23.1 Å². The maximum absolute atomic E-state index is 10.1. The average molecular weight is 316 g/mol. The van der Waals surface area contributed by atoms with Gasteiger partial charge in [0.25, 0.3) is 0 Å². The van der Waals surface area contributed by atoms with Crippen molar-refractivity contribution >= 4 is 0 Å². The minimum atomic E-state index is 0.197. The summed E-state index contributed by atoms with van der Waals surface area (Å²) in [5, 5.41) is 19.8. The molecule has 0 unspecified atom stereocenters. The Hall–Kier alpha value is -2.56. The maximum Gasteiger partial charge on any atom is 0.231 e. The Bertz CT molecular complexity index is 724. The van der Waals surface area contributed by atoms with E-state index in [0.717, 1.165) is 29.5 Å². The first kappa shape index (κ1) is 15.3. The molecule has 2 aromatic carbocycles. The van der Waals surface area contributed by atoms with Crippen molar-refractivity contribution in [2.75, 3.05) is 13.9 Å². The SMILES string of the molecule is COc1cc(O)c(C)cc1CCCc1cc2c(cc1O)OCO2. The number of ether oxygens (including phenoxy) is 3. The van der Waals surface area contributed by atoms with Gasteiger partial charge in [0.1, 0.15) is 17.2 Å². The van der Waals surface area contributed by atoms with Gasteiger partial charge in [-0.3, -0.25) is 0 Å². The lowest BCUT2D eigenvalue weighted by molar-refractivity contribution is 0.174. The Morgan fingerprint density at radius 2 is 1.65 bits per heavy atom. The number of fused-ring (bicyclic) bond motifs is 1. The van der Waals surface area contributed by atoms with Gasteiger partial charge < -0.3 is 24.4 Å². The van der Waals surface area contributed by atoms with E-state index in [1.54, 1.807) is 19.2 Å². The van der Waals surface area contributed by atoms with Crippen molar-refractivity contribution in [2.24, 2.45) is 0 Å². The Balaban J connectivity index is 1.69. The number of rotatable bonds is 5. The Morgan fingerprint density at radius 3 is 2.39 bits per heavy atom. The second-order valence-electron chi connectivity index (χ2n) is 5.64. The summed E-state index contributed by atoms with van der Waals surface area (Å²) in [7, 11) is 1.59. The van der Waals surface area contributed by atoms with E-state index in [9.17, 15) is 10.2 Å². The molecule has 0 radical (unpaired) electrons. The van der Waals surface area contributed by atoms with Crippen LogP contribution < -0.4 is 14.2 Å². The molecule has 0 fully saturated rings. The average Bonchev–Trinajstić information content (AvgIpc) is 2.97. The van der Waals surface area contributed by atoms with Crippen LogP contribution in [0.5, 0.6) is 28.7 Å². The van der Waals surface area contributed by atoms with Gasteiger partial charge in [0.15, 0.2) is 11.5 Å². The topological polar surface area (TPSA) is 68.2 Å². The highest BCUT2D eigenvalue weighted by molar-refractivity contribution is 5.51. The Labute approximate surface area is 135 Å². The third kappa shape index (κ3) is 3.13. The van der Waals surface area contributed by atoms with E-state index in [1.165, 1.54) is 0 Å². The normalized spacial score (nSPS) is 12.4. The van der Waals surface area contributed by atoms with Gasteiger partial charge in [-0.15, -0.1) is 0 Å². The Morgan fingerprint density at radius 1 is 0.957 bits per heavy atom. The predicted molar refractivity (Wildman–Crippen MR) is 85.7 cm³/mol. The summed E-state index contributed by atoms with van der Waals surface area (Å²) in [6, 6.07) is 7.01. The third-order valence-corrected chi connectivity index (χ3v) is 4.07. The second kappa shape index (κ2) is 6.28. The van der Waals surface area contributed by atoms with Gasteiger partial charge in [0.2, 0.25) is 6.79 Å². The second-order valence-corrected chi connectivity index (χ2v) is 5.64. The molecule has 0 saturated heterocycles. The largest absolute Gasteiger partial charge is 0.508 e. The van der Waals surface area contributed by atoms with Gasteiger partial charge >= 0.3 is 0 Å². The lowest BCUT2D eigenvalue weighted by atomic mass is 10.0. The molecule has 0 aliphatic carbocycles. The lowest BCUT2D eigenvalue weighted by Gasteiger charge is -2.11. The summed E-state index contributed by atoms with van der Waals surface area (Å²) < 4.78 is 15.9. The lowest BCUT2D eigenvalue weighted by Crippen LogP contribution is -1.96. The first-order chi connectivity index (χ1) is 11.1. The van der Waals surface area contributed by atoms with E-state index in [0.29, 0.717) is 23.7 Å². The molecule has 122 valence electrons. The summed E-state index contributed by atoms with van der Waals surface area (Å²) in [5.41, 5.74) is 2.71. The summed E-state index contributed by atoms with van der Waals surface area (Å²) >= 11 is 0. The molecule has 0 saturated carbocycles. The minimum absolute atomic E-state index is 0.197. The van der Waals surface area contributed by atoms with Crippen molar-refractivity contribution < 1.29 is 24.4 Å². The third-order valence-electron chi connectivity index (χ3n) is 4.07. The van der Waals surface area contributed by atoms with Crippen LogP contribution in [0.25, 0.3) is 0 Å². The molecule has 2 aromatic rings. The van der Waals surface area contributed by atoms with Gasteiger partial charge in [0, 0.05) is 12.1 Å². The van der Waals surface area contributed by atoms with E-state index in [-0.39, 0.29) is 18.3 Å². The molecular formula is C18H20O5. The quantitative estimate of drug-likeness (QED) is 0.885. The van der Waals surface area contributed by atoms with Crippen molar-refractivity contribution in [3.05, 3.63) is 41.0 Å². The highest BCUT2D eigenvalue weighted by atomic mass is 16.7. The molecule has 0 spiro atoms. The summed E-state index contributed by atoms with van der Waals surface area (Å²) in [4.78, 5) is 0. The van der Waals surface area contributed by atoms with E-state index in [4.69, 9.17) is 14.2 Å². The van der Waals surface area contributed by atoms with Gasteiger partial charge in [-0.05, 0) is 55.0 Å². The van der Waals surface area contributed by atoms with E-state index < -0.39 is 0 Å². The molecule has 5 nitrogen and oxygen atoms in total. The zero-order valence-electron chi connectivity index (χ0n) is 13.3. The van der Waals surface area contributed by atoms with Crippen LogP contribution in [0.15, 0.2) is 24.3 Å². The molecule has 23 heavy (non-hydrogen) atoms. The fraction of sp³-hybridized carbons (Fsp3) is 0.333. The number of phenolic OH excluding ortho intramolecular Hbond substituents is 2. The van der Waals surface area contributed by atoms with Crippen LogP contribution >= 0.6 is 0 Å². The first-order valence-corrected chi connectivity index (χ1v) is 7.56. The smallest absolute Gasteiger partial charge is 0.231 e. The molecule has 0 bridgehead atoms. The highest BCUT2D eigenvalue weighted by Crippen LogP contribution is 2.38. The molecule has 1 heterocycles. The number of phenols is 2. The Kier molecular flexibility index (Phi) is 4.19. The molecule has 5 heteroatoms. The molecule has 0 aromatic heterocycles. The molecule has 0 atom stereocenters. The standard InChI is InChI=1S/C18H20O5/c1-11-6-13(16(21-2)8-14(11)19)5-3-4-12-7-17-18(9-15(12)20)23-10-22-17/h6-9,19-20H,3-5,10H2,1-2H3. The number of aromatic hydroxyl groups is 2. The molecule has 2 N–H and O–H groups in total. The van der Waals surface area contributed by atoms with Crippen molar-refractivity contribution in [2.45, 2.75) is 26.2 Å². The van der Waals surface area contributed by atoms with Crippen molar-refractivity contribution in [3.8, 4) is 28.7 Å². The molecule has 1 aliphatic heterocycles. The number of aryl methyl sites for hydroxylation is 3. The maximum atomic E-state index is 10.1. The summed E-state index contributed by atoms with van der Waals surface area (Å²) in [6.45, 7) is 2.06. The predicted octanol–water partition coefficient (Wildman–Crippen LogP) is 3.32. The minimum Gasteiger partial charge on any atom is -0.508 e. The van der Waals surface area contributed by atoms with Gasteiger partial charge in [-0.1, -0.05) is 0 Å². The number of hydrogen-bond acceptors (Lipinski definition) is 5. The summed E-state index contributed by atoms with van der Waals surface area (Å²) in [6.07, 6.45) is 2.34. The fourth-order valence-corrected chi connectivity index (χ4v) is 2.77. The van der Waals surface area contributed by atoms with E-state index in [2.05, 4.69) is 0 Å². The van der Waals surface area contributed by atoms with E-state index in [1.807, 2.05) is 19.1 Å². The molecular weight excluding hydrogens is 296 g/mol. The molecule has 3 rings (SSSR count). The highest BCUT2D eigenvalue weighted by Gasteiger charge is 2.17. The van der Waals surface area contributed by atoms with Crippen LogP contribution in [0.3, 0.4) is 0 Å². The van der Waals surface area contributed by atoms with Gasteiger partial charge in [-0.2, -0.15) is 0 Å². The molecule has 0 amide bonds. The van der Waals surface area contributed by atoms with Crippen LogP contribution in [-0.4, -0.2) is 24.1 Å². The van der Waals surface area contributed by atoms with Crippen LogP contribution in [0.2, 0.25) is 0 Å². The monoisotopic (exact) mass is 316 g/mol. The van der Waals surface area contributed by atoms with Crippen LogP contribution in [0, 0.1) is 6.92 Å². The van der Waals surface area contributed by atoms with Crippen molar-refractivity contribution in [3.63, 3.8) is 0 Å². The zero-order chi connectivity index (χ0) is 16.4. The zero-order valence-corrected chi connectivity index (χ0v) is 13.3. The first-order valence-electron chi connectivity index (χ1n) is 7.56. The van der Waals surface area contributed by atoms with Gasteiger partial charge in [0.05, 0.1) is 7.11 Å². The number of benzene rings is 2. The van der Waals surface area contributed by atoms with Crippen molar-refractivity contribution in [1.29, 1.82) is 0 Å². The van der Waals surface area contributed by atoms with Gasteiger partial charge in [-0.25, -0.2) is 0 Å². The summed E-state index contributed by atoms with van der Waals surface area (Å²) in [5.74, 6) is 2.41. The number of hydrogen-bond donors (Lipinski definition) is 2. The molecule has 1 aliphatic rings. The fourth-order valence-electron chi connectivity index (χ4n) is 2.77. The van der Waals surface area contributed by atoms with E-state index >= 15 is 0 Å². The van der Waals surface area contributed by atoms with Crippen LogP contribution in [-0.2, 0) is 12.8 Å². The number of methoxy groups -OCH3 is 1.